The van der Waals surface area contributed by atoms with Gasteiger partial charge in [0.1, 0.15) is 6.61 Å². The van der Waals surface area contributed by atoms with Crippen molar-refractivity contribution in [1.29, 1.82) is 0 Å². The Bertz CT molecular complexity index is 470. The molecule has 0 bridgehead atoms. The van der Waals surface area contributed by atoms with Crippen LogP contribution in [0.4, 0.5) is 0 Å². The summed E-state index contributed by atoms with van der Waals surface area (Å²) in [5.41, 5.74) is -0.509. The summed E-state index contributed by atoms with van der Waals surface area (Å²) in [6, 6.07) is 0. The molecule has 0 aliphatic rings. The van der Waals surface area contributed by atoms with Gasteiger partial charge in [-0.25, -0.2) is 0 Å². The highest BCUT2D eigenvalue weighted by atomic mass is 16.5. The normalized spacial score (nSPS) is 12.9. The first-order valence-electron chi connectivity index (χ1n) is 10.4. The van der Waals surface area contributed by atoms with Gasteiger partial charge in [0.05, 0.1) is 12.0 Å². The van der Waals surface area contributed by atoms with Crippen LogP contribution in [0.2, 0.25) is 0 Å². The van der Waals surface area contributed by atoms with Crippen molar-refractivity contribution in [2.45, 2.75) is 78.6 Å². The summed E-state index contributed by atoms with van der Waals surface area (Å²) in [5.74, 6) is -0.243. The number of aliphatic hydroxyl groups excluding tert-OH is 1. The fourth-order valence-corrected chi connectivity index (χ4v) is 2.44. The molecule has 3 nitrogen and oxygen atoms in total. The molecule has 27 heavy (non-hydrogen) atoms. The summed E-state index contributed by atoms with van der Waals surface area (Å²) in [6.07, 6.45) is 27.2. The Hall–Kier alpha value is -1.61. The third-order valence-electron chi connectivity index (χ3n) is 4.27. The van der Waals surface area contributed by atoms with Crippen molar-refractivity contribution in [2.75, 3.05) is 13.2 Å². The van der Waals surface area contributed by atoms with E-state index in [-0.39, 0.29) is 19.2 Å². The van der Waals surface area contributed by atoms with Crippen LogP contribution in [0, 0.1) is 5.41 Å². The number of hydrogen-bond acceptors (Lipinski definition) is 3. The Morgan fingerprint density at radius 3 is 1.89 bits per heavy atom. The van der Waals surface area contributed by atoms with E-state index in [9.17, 15) is 4.79 Å². The molecule has 0 spiro atoms. The fraction of sp³-hybridized carbons (Fsp3) is 0.625. The Labute approximate surface area is 166 Å². The molecule has 154 valence electrons. The molecule has 0 rings (SSSR count). The number of hydrogen-bond donors (Lipinski definition) is 1. The van der Waals surface area contributed by atoms with E-state index in [4.69, 9.17) is 9.84 Å². The van der Waals surface area contributed by atoms with E-state index in [1.165, 1.54) is 25.7 Å². The molecule has 0 aromatic carbocycles. The van der Waals surface area contributed by atoms with Crippen LogP contribution >= 0.6 is 0 Å². The molecule has 1 N–H and O–H groups in total. The van der Waals surface area contributed by atoms with Gasteiger partial charge in [-0.15, -0.1) is 0 Å². The van der Waals surface area contributed by atoms with Gasteiger partial charge in [-0.1, -0.05) is 68.4 Å². The number of rotatable bonds is 16. The number of aliphatic hydroxyl groups is 1. The van der Waals surface area contributed by atoms with Crippen LogP contribution in [0.1, 0.15) is 78.6 Å². The second-order valence-electron chi connectivity index (χ2n) is 7.37. The molecule has 0 unspecified atom stereocenters. The summed E-state index contributed by atoms with van der Waals surface area (Å²) >= 11 is 0. The Morgan fingerprint density at radius 2 is 1.37 bits per heavy atom. The number of allylic oxidation sites excluding steroid dienone is 8. The van der Waals surface area contributed by atoms with Gasteiger partial charge in [0.25, 0.3) is 0 Å². The van der Waals surface area contributed by atoms with Gasteiger partial charge in [-0.3, -0.25) is 4.79 Å². The van der Waals surface area contributed by atoms with Gasteiger partial charge in [-0.05, 0) is 58.8 Å². The number of unbranched alkanes of at least 4 members (excludes halogenated alkanes) is 3. The summed E-state index contributed by atoms with van der Waals surface area (Å²) in [4.78, 5) is 11.8. The zero-order chi connectivity index (χ0) is 20.2. The minimum atomic E-state index is -0.509. The van der Waals surface area contributed by atoms with Crippen LogP contribution in [-0.4, -0.2) is 24.3 Å². The number of carbonyl (C=O) groups excluding carboxylic acids is 1. The van der Waals surface area contributed by atoms with Crippen molar-refractivity contribution in [3.8, 4) is 0 Å². The van der Waals surface area contributed by atoms with Crippen molar-refractivity contribution in [2.24, 2.45) is 5.41 Å². The molecule has 0 saturated heterocycles. The van der Waals surface area contributed by atoms with Crippen LogP contribution in [0.3, 0.4) is 0 Å². The van der Waals surface area contributed by atoms with Gasteiger partial charge >= 0.3 is 5.97 Å². The Morgan fingerprint density at radius 1 is 0.852 bits per heavy atom. The summed E-state index contributed by atoms with van der Waals surface area (Å²) in [6.45, 7) is 5.95. The first-order valence-corrected chi connectivity index (χ1v) is 10.4. The number of carbonyl (C=O) groups is 1. The molecule has 0 aliphatic carbocycles. The quantitative estimate of drug-likeness (QED) is 0.195. The van der Waals surface area contributed by atoms with Gasteiger partial charge in [0, 0.05) is 0 Å². The van der Waals surface area contributed by atoms with E-state index < -0.39 is 5.41 Å². The minimum absolute atomic E-state index is 0.0760. The Kier molecular flexibility index (Phi) is 16.7. The topological polar surface area (TPSA) is 46.5 Å². The third kappa shape index (κ3) is 16.3. The first kappa shape index (κ1) is 25.4. The second kappa shape index (κ2) is 17.8. The molecular weight excluding hydrogens is 336 g/mol. The second-order valence-corrected chi connectivity index (χ2v) is 7.37. The first-order chi connectivity index (χ1) is 13.0. The summed E-state index contributed by atoms with van der Waals surface area (Å²) in [7, 11) is 0. The van der Waals surface area contributed by atoms with Crippen LogP contribution < -0.4 is 0 Å². The molecule has 0 saturated carbocycles. The van der Waals surface area contributed by atoms with Crippen molar-refractivity contribution < 1.29 is 14.6 Å². The Balaban J connectivity index is 3.73. The average molecular weight is 377 g/mol. The highest BCUT2D eigenvalue weighted by Crippen LogP contribution is 2.24. The monoisotopic (exact) mass is 376 g/mol. The summed E-state index contributed by atoms with van der Waals surface area (Å²) < 4.78 is 5.00. The molecule has 0 aromatic heterocycles. The van der Waals surface area contributed by atoms with E-state index in [1.807, 2.05) is 13.8 Å². The largest absolute Gasteiger partial charge is 0.463 e. The molecule has 0 aromatic rings. The highest BCUT2D eigenvalue weighted by molar-refractivity contribution is 5.75. The molecule has 0 radical (unpaired) electrons. The maximum atomic E-state index is 11.8. The zero-order valence-corrected chi connectivity index (χ0v) is 17.7. The van der Waals surface area contributed by atoms with Crippen LogP contribution in [0.5, 0.6) is 0 Å². The SMILES string of the molecule is CCCCC/C=C\C/C=C\C/C=C\C/C=C\CCC(C)(C)C(=O)OCCO. The van der Waals surface area contributed by atoms with Crippen LogP contribution in [-0.2, 0) is 9.53 Å². The fourth-order valence-electron chi connectivity index (χ4n) is 2.44. The standard InChI is InChI=1S/C24H40O3/c1-4-5-6-7-8-9-10-11-12-13-14-15-16-17-18-19-20-24(2,3)23(26)27-22-21-25/h8-9,11-12,14-15,17-18,25H,4-7,10,13,16,19-22H2,1-3H3/b9-8-,12-11-,15-14-,18-17-. The van der Waals surface area contributed by atoms with Crippen molar-refractivity contribution in [3.63, 3.8) is 0 Å². The van der Waals surface area contributed by atoms with E-state index in [2.05, 4.69) is 55.5 Å². The minimum Gasteiger partial charge on any atom is -0.463 e. The van der Waals surface area contributed by atoms with Gasteiger partial charge < -0.3 is 9.84 Å². The lowest BCUT2D eigenvalue weighted by molar-refractivity contribution is -0.155. The predicted molar refractivity (Wildman–Crippen MR) is 116 cm³/mol. The van der Waals surface area contributed by atoms with Gasteiger partial charge in [-0.2, -0.15) is 0 Å². The van der Waals surface area contributed by atoms with Crippen molar-refractivity contribution >= 4 is 5.97 Å². The maximum absolute atomic E-state index is 11.8. The lowest BCUT2D eigenvalue weighted by Crippen LogP contribution is -2.27. The predicted octanol–water partition coefficient (Wildman–Crippen LogP) is 6.30. The number of ether oxygens (including phenoxy) is 1. The molecule has 0 fully saturated rings. The molecule has 0 atom stereocenters. The van der Waals surface area contributed by atoms with Crippen molar-refractivity contribution in [1.82, 2.24) is 0 Å². The van der Waals surface area contributed by atoms with Gasteiger partial charge in [0.2, 0.25) is 0 Å². The van der Waals surface area contributed by atoms with Gasteiger partial charge in [0.15, 0.2) is 0 Å². The zero-order valence-electron chi connectivity index (χ0n) is 17.7. The lowest BCUT2D eigenvalue weighted by Gasteiger charge is -2.21. The van der Waals surface area contributed by atoms with E-state index >= 15 is 0 Å². The average Bonchev–Trinajstić information content (AvgIpc) is 2.65. The molecule has 0 heterocycles. The van der Waals surface area contributed by atoms with Crippen LogP contribution in [0.15, 0.2) is 48.6 Å². The van der Waals surface area contributed by atoms with Crippen molar-refractivity contribution in [3.05, 3.63) is 48.6 Å². The summed E-state index contributed by atoms with van der Waals surface area (Å²) in [5, 5.41) is 8.70. The maximum Gasteiger partial charge on any atom is 0.311 e. The third-order valence-corrected chi connectivity index (χ3v) is 4.27. The molecule has 3 heteroatoms. The lowest BCUT2D eigenvalue weighted by atomic mass is 9.88. The molecule has 0 aliphatic heterocycles. The highest BCUT2D eigenvalue weighted by Gasteiger charge is 2.28. The molecular formula is C24H40O3. The van der Waals surface area contributed by atoms with E-state index in [0.717, 1.165) is 32.1 Å². The smallest absolute Gasteiger partial charge is 0.311 e. The number of esters is 1. The van der Waals surface area contributed by atoms with E-state index in [1.54, 1.807) is 0 Å². The van der Waals surface area contributed by atoms with Crippen LogP contribution in [0.25, 0.3) is 0 Å². The van der Waals surface area contributed by atoms with E-state index in [0.29, 0.717) is 0 Å². The molecule has 0 amide bonds.